The molecule has 1 aliphatic carbocycles. The van der Waals surface area contributed by atoms with Crippen molar-refractivity contribution in [3.63, 3.8) is 0 Å². The summed E-state index contributed by atoms with van der Waals surface area (Å²) in [6.07, 6.45) is 11.0. The maximum absolute atomic E-state index is 2.53. The summed E-state index contributed by atoms with van der Waals surface area (Å²) in [4.78, 5) is 0. The van der Waals surface area contributed by atoms with Gasteiger partial charge in [-0.1, -0.05) is 105 Å². The third-order valence-corrected chi connectivity index (χ3v) is 11.1. The van der Waals surface area contributed by atoms with E-state index in [1.165, 1.54) is 29.6 Å². The van der Waals surface area contributed by atoms with Crippen LogP contribution in [-0.4, -0.2) is 8.07 Å². The molecule has 2 aromatic carbocycles. The lowest BCUT2D eigenvalue weighted by atomic mass is 10.2. The lowest BCUT2D eigenvalue weighted by molar-refractivity contribution is 0.736. The number of hydrogen-bond acceptors (Lipinski definition) is 0. The van der Waals surface area contributed by atoms with E-state index in [2.05, 4.69) is 99.7 Å². The van der Waals surface area contributed by atoms with Crippen LogP contribution in [0.2, 0.25) is 5.04 Å². The summed E-state index contributed by atoms with van der Waals surface area (Å²) in [5, 5.41) is 4.80. The number of rotatable bonds is 3. The molecule has 0 N–H and O–H groups in total. The molecule has 124 valence electrons. The van der Waals surface area contributed by atoms with Gasteiger partial charge in [-0.25, -0.2) is 0 Å². The van der Waals surface area contributed by atoms with Gasteiger partial charge in [0.1, 0.15) is 0 Å². The van der Waals surface area contributed by atoms with E-state index < -0.39 is 8.07 Å². The molecule has 24 heavy (non-hydrogen) atoms. The lowest BCUT2D eigenvalue weighted by Gasteiger charge is -2.45. The largest absolute Gasteiger partial charge is 0.153 e. The third kappa shape index (κ3) is 2.93. The molecule has 0 bridgehead atoms. The van der Waals surface area contributed by atoms with Crippen LogP contribution in [0.1, 0.15) is 40.0 Å². The third-order valence-electron chi connectivity index (χ3n) is 5.21. The summed E-state index contributed by atoms with van der Waals surface area (Å²) < 4.78 is 0. The summed E-state index contributed by atoms with van der Waals surface area (Å²) in [7, 11) is -2.11. The molecule has 2 aromatic rings. The number of hydrogen-bond donors (Lipinski definition) is 0. The van der Waals surface area contributed by atoms with Crippen LogP contribution in [0.25, 0.3) is 0 Å². The van der Waals surface area contributed by atoms with E-state index in [1.807, 2.05) is 0 Å². The minimum absolute atomic E-state index is 0.191. The second-order valence-corrected chi connectivity index (χ2v) is 12.5. The van der Waals surface area contributed by atoms with Crippen molar-refractivity contribution in [2.45, 2.75) is 45.1 Å². The van der Waals surface area contributed by atoms with E-state index in [9.17, 15) is 0 Å². The average Bonchev–Trinajstić information content (AvgIpc) is 2.86. The van der Waals surface area contributed by atoms with Gasteiger partial charge in [-0.15, -0.1) is 0 Å². The van der Waals surface area contributed by atoms with Crippen molar-refractivity contribution in [2.24, 2.45) is 0 Å². The zero-order valence-electron chi connectivity index (χ0n) is 15.1. The summed E-state index contributed by atoms with van der Waals surface area (Å²) in [6, 6.07) is 22.5. The van der Waals surface area contributed by atoms with E-state index in [0.717, 1.165) is 0 Å². The van der Waals surface area contributed by atoms with Gasteiger partial charge in [0.2, 0.25) is 0 Å². The van der Waals surface area contributed by atoms with Gasteiger partial charge in [0.15, 0.2) is 8.07 Å². The lowest BCUT2D eigenvalue weighted by Crippen LogP contribution is -2.65. The van der Waals surface area contributed by atoms with Gasteiger partial charge in [0, 0.05) is 0 Å². The highest BCUT2D eigenvalue weighted by Gasteiger charge is 2.49. The number of allylic oxidation sites excluding steroid dienone is 4. The molecule has 0 aliphatic heterocycles. The predicted molar refractivity (Wildman–Crippen MR) is 109 cm³/mol. The normalized spacial score (nSPS) is 15.7. The maximum Gasteiger partial charge on any atom is 0.153 e. The molecule has 0 atom stereocenters. The minimum Gasteiger partial charge on any atom is -0.0846 e. The quantitative estimate of drug-likeness (QED) is 0.673. The van der Waals surface area contributed by atoms with Crippen LogP contribution < -0.4 is 10.4 Å². The van der Waals surface area contributed by atoms with Crippen molar-refractivity contribution in [1.82, 2.24) is 0 Å². The first-order valence-corrected chi connectivity index (χ1v) is 11.0. The van der Waals surface area contributed by atoms with Gasteiger partial charge in [-0.2, -0.15) is 0 Å². The first-order valence-electron chi connectivity index (χ1n) is 9.05. The van der Waals surface area contributed by atoms with Crippen LogP contribution in [0.4, 0.5) is 0 Å². The molecule has 0 fully saturated rings. The van der Waals surface area contributed by atoms with Crippen LogP contribution in [0.5, 0.6) is 0 Å². The Labute approximate surface area is 147 Å². The fourth-order valence-electron chi connectivity index (χ4n) is 4.23. The monoisotopic (exact) mass is 332 g/mol. The Morgan fingerprint density at radius 1 is 0.750 bits per heavy atom. The average molecular weight is 333 g/mol. The SMILES string of the molecule is CC(C)(C)[Si](C1=CCCCC=C1)(c1ccccc1)c1ccccc1. The molecule has 0 saturated heterocycles. The minimum atomic E-state index is -2.11. The Hall–Kier alpha value is -1.86. The second kappa shape index (κ2) is 6.94. The van der Waals surface area contributed by atoms with Gasteiger partial charge in [-0.3, -0.25) is 0 Å². The molecule has 3 rings (SSSR count). The molecular formula is C23H28Si. The Balaban J connectivity index is 2.36. The molecule has 0 amide bonds. The molecule has 0 radical (unpaired) electrons. The Bertz CT molecular complexity index is 678. The molecule has 0 aromatic heterocycles. The van der Waals surface area contributed by atoms with Crippen molar-refractivity contribution >= 4 is 18.4 Å². The van der Waals surface area contributed by atoms with E-state index in [1.54, 1.807) is 5.20 Å². The van der Waals surface area contributed by atoms with Crippen LogP contribution in [-0.2, 0) is 0 Å². The maximum atomic E-state index is 2.53. The van der Waals surface area contributed by atoms with Gasteiger partial charge in [0.25, 0.3) is 0 Å². The van der Waals surface area contributed by atoms with Crippen molar-refractivity contribution in [3.8, 4) is 0 Å². The highest BCUT2D eigenvalue weighted by Crippen LogP contribution is 2.41. The molecule has 0 spiro atoms. The molecule has 0 unspecified atom stereocenters. The highest BCUT2D eigenvalue weighted by molar-refractivity contribution is 7.09. The summed E-state index contributed by atoms with van der Waals surface area (Å²) >= 11 is 0. The van der Waals surface area contributed by atoms with Crippen molar-refractivity contribution in [3.05, 3.63) is 84.1 Å². The fourth-order valence-corrected chi connectivity index (χ4v) is 10.0. The Kier molecular flexibility index (Phi) is 4.91. The smallest absolute Gasteiger partial charge is 0.0846 e. The van der Waals surface area contributed by atoms with Crippen molar-refractivity contribution in [2.75, 3.05) is 0 Å². The van der Waals surface area contributed by atoms with Gasteiger partial charge >= 0.3 is 0 Å². The standard InChI is InChI=1S/C23H28Si/c1-23(2,3)24(21-16-10-6-11-17-21,22-18-12-7-13-19-22)20-14-8-4-5-9-15-20/h6-8,10-19H,4-5,9H2,1-3H3. The van der Waals surface area contributed by atoms with E-state index in [0.29, 0.717) is 0 Å². The van der Waals surface area contributed by atoms with Crippen LogP contribution in [0, 0.1) is 0 Å². The molecule has 0 saturated carbocycles. The molecule has 1 aliphatic rings. The van der Waals surface area contributed by atoms with Crippen molar-refractivity contribution in [1.29, 1.82) is 0 Å². The zero-order chi connectivity index (χ0) is 17.0. The fraction of sp³-hybridized carbons (Fsp3) is 0.304. The Morgan fingerprint density at radius 2 is 1.29 bits per heavy atom. The number of benzene rings is 2. The van der Waals surface area contributed by atoms with Crippen LogP contribution >= 0.6 is 0 Å². The summed E-state index contributed by atoms with van der Waals surface area (Å²) in [5.41, 5.74) is 0. The van der Waals surface area contributed by atoms with Gasteiger partial charge < -0.3 is 0 Å². The zero-order valence-corrected chi connectivity index (χ0v) is 16.1. The molecular weight excluding hydrogens is 304 g/mol. The van der Waals surface area contributed by atoms with Crippen LogP contribution in [0.15, 0.2) is 84.1 Å². The summed E-state index contributed by atoms with van der Waals surface area (Å²) in [5.74, 6) is 0. The Morgan fingerprint density at radius 3 is 1.79 bits per heavy atom. The molecule has 0 nitrogen and oxygen atoms in total. The van der Waals surface area contributed by atoms with E-state index in [-0.39, 0.29) is 5.04 Å². The highest BCUT2D eigenvalue weighted by atomic mass is 28.3. The first-order chi connectivity index (χ1) is 11.6. The second-order valence-electron chi connectivity index (χ2n) is 7.72. The van der Waals surface area contributed by atoms with Gasteiger partial charge in [-0.05, 0) is 34.7 Å². The molecule has 0 heterocycles. The topological polar surface area (TPSA) is 0 Å². The van der Waals surface area contributed by atoms with E-state index >= 15 is 0 Å². The molecule has 1 heteroatoms. The van der Waals surface area contributed by atoms with Crippen LogP contribution in [0.3, 0.4) is 0 Å². The first kappa shape index (κ1) is 17.0. The van der Waals surface area contributed by atoms with E-state index in [4.69, 9.17) is 0 Å². The summed E-state index contributed by atoms with van der Waals surface area (Å²) in [6.45, 7) is 7.29. The predicted octanol–water partition coefficient (Wildman–Crippen LogP) is 5.26. The van der Waals surface area contributed by atoms with Gasteiger partial charge in [0.05, 0.1) is 0 Å². The van der Waals surface area contributed by atoms with Crippen molar-refractivity contribution < 1.29 is 0 Å².